The highest BCUT2D eigenvalue weighted by Gasteiger charge is 2.01. The summed E-state index contributed by atoms with van der Waals surface area (Å²) in [7, 11) is 1.74. The number of carbonyl (C=O) groups is 1. The molecule has 0 aliphatic heterocycles. The van der Waals surface area contributed by atoms with Crippen LogP contribution in [0.4, 0.5) is 0 Å². The summed E-state index contributed by atoms with van der Waals surface area (Å²) in [6.45, 7) is 1.07. The average Bonchev–Trinajstić information content (AvgIpc) is 2.27. The lowest BCUT2D eigenvalue weighted by atomic mass is 10.2. The Morgan fingerprint density at radius 1 is 1.40 bits per heavy atom. The van der Waals surface area contributed by atoms with E-state index < -0.39 is 0 Å². The number of likely N-dealkylation sites (N-methyl/N-ethyl adjacent to an activating group) is 1. The third-order valence-corrected chi connectivity index (χ3v) is 2.06. The van der Waals surface area contributed by atoms with Gasteiger partial charge >= 0.3 is 0 Å². The van der Waals surface area contributed by atoms with E-state index in [1.54, 1.807) is 24.1 Å². The molecule has 0 saturated heterocycles. The van der Waals surface area contributed by atoms with Crippen LogP contribution in [0.3, 0.4) is 0 Å². The Morgan fingerprint density at radius 2 is 2.07 bits per heavy atom. The third-order valence-electron chi connectivity index (χ3n) is 2.06. The minimum Gasteiger partial charge on any atom is -0.341 e. The molecule has 0 atom stereocenters. The quantitative estimate of drug-likeness (QED) is 0.747. The molecule has 0 fully saturated rings. The molecule has 1 aromatic rings. The molecule has 15 heavy (non-hydrogen) atoms. The van der Waals surface area contributed by atoms with Gasteiger partial charge in [-0.1, -0.05) is 30.3 Å². The van der Waals surface area contributed by atoms with Crippen LogP contribution in [0.15, 0.2) is 36.4 Å². The van der Waals surface area contributed by atoms with E-state index in [0.29, 0.717) is 13.1 Å². The molecule has 0 aromatic heterocycles. The summed E-state index contributed by atoms with van der Waals surface area (Å²) >= 11 is 0. The van der Waals surface area contributed by atoms with Crippen LogP contribution in [-0.4, -0.2) is 30.9 Å². The summed E-state index contributed by atoms with van der Waals surface area (Å²) in [4.78, 5) is 13.1. The van der Waals surface area contributed by atoms with E-state index in [1.807, 2.05) is 30.3 Å². The number of carbonyl (C=O) groups excluding carboxylic acids is 1. The first-order valence-corrected chi connectivity index (χ1v) is 4.92. The molecule has 0 spiro atoms. The normalized spacial score (nSPS) is 10.5. The molecule has 80 valence electrons. The van der Waals surface area contributed by atoms with Gasteiger partial charge in [-0.3, -0.25) is 4.79 Å². The summed E-state index contributed by atoms with van der Waals surface area (Å²) in [5.74, 6) is -0.0238. The molecule has 3 nitrogen and oxygen atoms in total. The van der Waals surface area contributed by atoms with Crippen molar-refractivity contribution in [2.45, 2.75) is 0 Å². The molecule has 0 aliphatic rings. The second-order valence-electron chi connectivity index (χ2n) is 3.29. The van der Waals surface area contributed by atoms with Crippen molar-refractivity contribution in [3.8, 4) is 0 Å². The molecule has 0 radical (unpaired) electrons. The maximum absolute atomic E-state index is 11.5. The molecular formula is C12H16N2O. The Hall–Kier alpha value is -1.61. The zero-order valence-electron chi connectivity index (χ0n) is 8.89. The van der Waals surface area contributed by atoms with Gasteiger partial charge in [0.05, 0.1) is 0 Å². The summed E-state index contributed by atoms with van der Waals surface area (Å²) in [6.07, 6.45) is 3.36. The van der Waals surface area contributed by atoms with Gasteiger partial charge in [0.2, 0.25) is 5.91 Å². The predicted molar refractivity (Wildman–Crippen MR) is 62.2 cm³/mol. The van der Waals surface area contributed by atoms with Crippen molar-refractivity contribution in [3.63, 3.8) is 0 Å². The van der Waals surface area contributed by atoms with Gasteiger partial charge in [0.1, 0.15) is 0 Å². The molecule has 0 bridgehead atoms. The molecule has 3 heteroatoms. The first kappa shape index (κ1) is 11.5. The zero-order chi connectivity index (χ0) is 11.1. The predicted octanol–water partition coefficient (Wildman–Crippen LogP) is 1.12. The lowest BCUT2D eigenvalue weighted by Gasteiger charge is -2.12. The van der Waals surface area contributed by atoms with Crippen molar-refractivity contribution in [2.75, 3.05) is 20.1 Å². The Bertz CT molecular complexity index is 333. The maximum atomic E-state index is 11.5. The van der Waals surface area contributed by atoms with E-state index in [4.69, 9.17) is 5.73 Å². The average molecular weight is 204 g/mol. The molecule has 1 aromatic carbocycles. The van der Waals surface area contributed by atoms with Crippen molar-refractivity contribution < 1.29 is 4.79 Å². The van der Waals surface area contributed by atoms with E-state index in [-0.39, 0.29) is 5.91 Å². The van der Waals surface area contributed by atoms with Crippen LogP contribution >= 0.6 is 0 Å². The number of nitrogens with two attached hydrogens (primary N) is 1. The van der Waals surface area contributed by atoms with Crippen LogP contribution in [0.1, 0.15) is 5.56 Å². The van der Waals surface area contributed by atoms with Gasteiger partial charge in [-0.05, 0) is 11.6 Å². The van der Waals surface area contributed by atoms with Crippen molar-refractivity contribution in [1.82, 2.24) is 4.90 Å². The highest BCUT2D eigenvalue weighted by atomic mass is 16.2. The summed E-state index contributed by atoms with van der Waals surface area (Å²) in [6, 6.07) is 9.72. The van der Waals surface area contributed by atoms with Crippen LogP contribution in [-0.2, 0) is 4.79 Å². The van der Waals surface area contributed by atoms with E-state index in [0.717, 1.165) is 5.56 Å². The van der Waals surface area contributed by atoms with Gasteiger partial charge in [-0.2, -0.15) is 0 Å². The number of hydrogen-bond acceptors (Lipinski definition) is 2. The molecule has 0 saturated carbocycles. The second-order valence-corrected chi connectivity index (χ2v) is 3.29. The molecule has 0 unspecified atom stereocenters. The smallest absolute Gasteiger partial charge is 0.246 e. The van der Waals surface area contributed by atoms with Gasteiger partial charge in [0.15, 0.2) is 0 Å². The third kappa shape index (κ3) is 3.95. The molecule has 1 amide bonds. The first-order chi connectivity index (χ1) is 7.24. The van der Waals surface area contributed by atoms with E-state index >= 15 is 0 Å². The lowest BCUT2D eigenvalue weighted by molar-refractivity contribution is -0.124. The van der Waals surface area contributed by atoms with E-state index in [2.05, 4.69) is 0 Å². The second kappa shape index (κ2) is 5.98. The maximum Gasteiger partial charge on any atom is 0.246 e. The Kier molecular flexibility index (Phi) is 4.57. The van der Waals surface area contributed by atoms with Gasteiger partial charge in [-0.15, -0.1) is 0 Å². The molecule has 0 heterocycles. The molecule has 2 N–H and O–H groups in total. The van der Waals surface area contributed by atoms with Crippen LogP contribution in [0.25, 0.3) is 6.08 Å². The molecular weight excluding hydrogens is 188 g/mol. The largest absolute Gasteiger partial charge is 0.341 e. The zero-order valence-corrected chi connectivity index (χ0v) is 8.89. The fourth-order valence-corrected chi connectivity index (χ4v) is 1.16. The topological polar surface area (TPSA) is 46.3 Å². The van der Waals surface area contributed by atoms with Gasteiger partial charge in [-0.25, -0.2) is 0 Å². The Morgan fingerprint density at radius 3 is 2.67 bits per heavy atom. The standard InChI is InChI=1S/C12H16N2O/c1-14(10-9-13)12(15)8-7-11-5-3-2-4-6-11/h2-8H,9-10,13H2,1H3. The highest BCUT2D eigenvalue weighted by Crippen LogP contribution is 2.01. The van der Waals surface area contributed by atoms with Crippen molar-refractivity contribution in [1.29, 1.82) is 0 Å². The lowest BCUT2D eigenvalue weighted by Crippen LogP contribution is -2.30. The fraction of sp³-hybridized carbons (Fsp3) is 0.250. The van der Waals surface area contributed by atoms with Gasteiger partial charge < -0.3 is 10.6 Å². The monoisotopic (exact) mass is 204 g/mol. The van der Waals surface area contributed by atoms with Crippen LogP contribution in [0, 0.1) is 0 Å². The molecule has 1 rings (SSSR count). The molecule has 0 aliphatic carbocycles. The van der Waals surface area contributed by atoms with Crippen molar-refractivity contribution in [3.05, 3.63) is 42.0 Å². The summed E-state index contributed by atoms with van der Waals surface area (Å²) in [5, 5.41) is 0. The van der Waals surface area contributed by atoms with Crippen LogP contribution in [0.5, 0.6) is 0 Å². The van der Waals surface area contributed by atoms with Crippen LogP contribution < -0.4 is 5.73 Å². The van der Waals surface area contributed by atoms with Crippen molar-refractivity contribution >= 4 is 12.0 Å². The van der Waals surface area contributed by atoms with E-state index in [9.17, 15) is 4.79 Å². The Labute approximate surface area is 90.2 Å². The van der Waals surface area contributed by atoms with Gasteiger partial charge in [0, 0.05) is 26.2 Å². The minimum atomic E-state index is -0.0238. The number of nitrogens with zero attached hydrogens (tertiary/aromatic N) is 1. The number of hydrogen-bond donors (Lipinski definition) is 1. The number of amides is 1. The highest BCUT2D eigenvalue weighted by molar-refractivity contribution is 5.91. The minimum absolute atomic E-state index is 0.0238. The van der Waals surface area contributed by atoms with Gasteiger partial charge in [0.25, 0.3) is 0 Å². The van der Waals surface area contributed by atoms with Crippen LogP contribution in [0.2, 0.25) is 0 Å². The number of benzene rings is 1. The number of rotatable bonds is 4. The Balaban J connectivity index is 2.55. The van der Waals surface area contributed by atoms with E-state index in [1.165, 1.54) is 0 Å². The fourth-order valence-electron chi connectivity index (χ4n) is 1.16. The first-order valence-electron chi connectivity index (χ1n) is 4.92. The van der Waals surface area contributed by atoms with Crippen molar-refractivity contribution in [2.24, 2.45) is 5.73 Å². The summed E-state index contributed by atoms with van der Waals surface area (Å²) < 4.78 is 0. The SMILES string of the molecule is CN(CCN)C(=O)C=Cc1ccccc1. The summed E-state index contributed by atoms with van der Waals surface area (Å²) in [5.41, 5.74) is 6.38.